The summed E-state index contributed by atoms with van der Waals surface area (Å²) >= 11 is 0. The normalized spacial score (nSPS) is 14.5. The number of para-hydroxylation sites is 1. The van der Waals surface area contributed by atoms with Crippen LogP contribution in [0, 0.1) is 13.8 Å². The van der Waals surface area contributed by atoms with Crippen molar-refractivity contribution < 1.29 is 9.53 Å². The number of benzene rings is 1. The van der Waals surface area contributed by atoms with Crippen molar-refractivity contribution in [1.29, 1.82) is 0 Å². The van der Waals surface area contributed by atoms with Gasteiger partial charge in [-0.05, 0) is 32.4 Å². The van der Waals surface area contributed by atoms with E-state index in [0.29, 0.717) is 25.3 Å². The molecule has 0 saturated carbocycles. The summed E-state index contributed by atoms with van der Waals surface area (Å²) in [7, 11) is 0. The van der Waals surface area contributed by atoms with Crippen LogP contribution in [0.25, 0.3) is 0 Å². The van der Waals surface area contributed by atoms with E-state index < -0.39 is 0 Å². The first kappa shape index (κ1) is 18.5. The zero-order valence-electron chi connectivity index (χ0n) is 15.9. The van der Waals surface area contributed by atoms with Crippen molar-refractivity contribution in [3.05, 3.63) is 46.8 Å². The van der Waals surface area contributed by atoms with Crippen molar-refractivity contribution >= 4 is 11.6 Å². The van der Waals surface area contributed by atoms with Crippen LogP contribution >= 0.6 is 0 Å². The fourth-order valence-corrected chi connectivity index (χ4v) is 3.43. The quantitative estimate of drug-likeness (QED) is 0.864. The summed E-state index contributed by atoms with van der Waals surface area (Å²) in [6.45, 7) is 10.6. The molecule has 1 aliphatic rings. The summed E-state index contributed by atoms with van der Waals surface area (Å²) in [5.74, 6) is -0.0471. The average Bonchev–Trinajstić information content (AvgIpc) is 2.94. The second-order valence-electron chi connectivity index (χ2n) is 6.67. The Morgan fingerprint density at radius 1 is 1.23 bits per heavy atom. The van der Waals surface area contributed by atoms with Crippen LogP contribution in [0.15, 0.2) is 24.3 Å². The van der Waals surface area contributed by atoms with E-state index >= 15 is 0 Å². The molecule has 1 amide bonds. The lowest BCUT2D eigenvalue weighted by Gasteiger charge is -2.30. The van der Waals surface area contributed by atoms with Gasteiger partial charge >= 0.3 is 0 Å². The summed E-state index contributed by atoms with van der Waals surface area (Å²) in [5.41, 5.74) is 4.91. The van der Waals surface area contributed by atoms with Gasteiger partial charge in [0.25, 0.3) is 5.91 Å². The Morgan fingerprint density at radius 2 is 1.96 bits per heavy atom. The van der Waals surface area contributed by atoms with Gasteiger partial charge in [0.05, 0.1) is 24.5 Å². The monoisotopic (exact) mass is 356 g/mol. The SMILES string of the molecule is CCCn1nc(C)c(CNC(=O)c2ccccc2N2CCOCC2)c1C. The predicted octanol–water partition coefficient (Wildman–Crippen LogP) is 2.68. The molecule has 1 fully saturated rings. The lowest BCUT2D eigenvalue weighted by atomic mass is 10.1. The van der Waals surface area contributed by atoms with E-state index in [9.17, 15) is 4.79 Å². The van der Waals surface area contributed by atoms with Gasteiger partial charge in [0.15, 0.2) is 0 Å². The smallest absolute Gasteiger partial charge is 0.253 e. The molecule has 140 valence electrons. The molecular weight excluding hydrogens is 328 g/mol. The van der Waals surface area contributed by atoms with E-state index in [0.717, 1.165) is 48.7 Å². The van der Waals surface area contributed by atoms with Crippen molar-refractivity contribution in [1.82, 2.24) is 15.1 Å². The Kier molecular flexibility index (Phi) is 5.93. The van der Waals surface area contributed by atoms with Gasteiger partial charge < -0.3 is 15.0 Å². The topological polar surface area (TPSA) is 59.4 Å². The van der Waals surface area contributed by atoms with E-state index in [1.165, 1.54) is 0 Å². The number of nitrogens with zero attached hydrogens (tertiary/aromatic N) is 3. The molecule has 0 aliphatic carbocycles. The Balaban J connectivity index is 1.73. The van der Waals surface area contributed by atoms with Gasteiger partial charge in [-0.25, -0.2) is 0 Å². The third kappa shape index (κ3) is 3.90. The van der Waals surface area contributed by atoms with Crippen molar-refractivity contribution in [3.63, 3.8) is 0 Å². The van der Waals surface area contributed by atoms with Crippen LogP contribution in [-0.4, -0.2) is 42.0 Å². The van der Waals surface area contributed by atoms with E-state index in [4.69, 9.17) is 4.74 Å². The maximum Gasteiger partial charge on any atom is 0.253 e. The molecule has 1 aromatic heterocycles. The largest absolute Gasteiger partial charge is 0.378 e. The second-order valence-corrected chi connectivity index (χ2v) is 6.67. The first-order valence-corrected chi connectivity index (χ1v) is 9.34. The number of nitrogens with one attached hydrogen (secondary N) is 1. The number of rotatable bonds is 6. The third-order valence-corrected chi connectivity index (χ3v) is 4.89. The number of hydrogen-bond donors (Lipinski definition) is 1. The zero-order chi connectivity index (χ0) is 18.5. The summed E-state index contributed by atoms with van der Waals surface area (Å²) in [6, 6.07) is 7.79. The van der Waals surface area contributed by atoms with Crippen molar-refractivity contribution in [2.45, 2.75) is 40.3 Å². The molecule has 1 saturated heterocycles. The standard InChI is InChI=1S/C20H28N4O2/c1-4-9-24-16(3)18(15(2)22-24)14-21-20(25)17-7-5-6-8-19(17)23-10-12-26-13-11-23/h5-8H,4,9-14H2,1-3H3,(H,21,25). The number of aryl methyl sites for hydroxylation is 2. The number of amides is 1. The van der Waals surface area contributed by atoms with Gasteiger partial charge in [0, 0.05) is 43.1 Å². The fourth-order valence-electron chi connectivity index (χ4n) is 3.43. The molecule has 1 aromatic carbocycles. The minimum absolute atomic E-state index is 0.0471. The number of ether oxygens (including phenoxy) is 1. The Morgan fingerprint density at radius 3 is 2.69 bits per heavy atom. The van der Waals surface area contributed by atoms with E-state index in [2.05, 4.69) is 29.2 Å². The maximum atomic E-state index is 12.8. The summed E-state index contributed by atoms with van der Waals surface area (Å²) < 4.78 is 7.45. The zero-order valence-corrected chi connectivity index (χ0v) is 15.9. The molecular formula is C20H28N4O2. The average molecular weight is 356 g/mol. The first-order chi connectivity index (χ1) is 12.6. The highest BCUT2D eigenvalue weighted by Gasteiger charge is 2.19. The first-order valence-electron chi connectivity index (χ1n) is 9.34. The van der Waals surface area contributed by atoms with Gasteiger partial charge in [0.2, 0.25) is 0 Å². The van der Waals surface area contributed by atoms with Gasteiger partial charge in [-0.15, -0.1) is 0 Å². The Labute approximate surface area is 155 Å². The molecule has 0 spiro atoms. The minimum atomic E-state index is -0.0471. The van der Waals surface area contributed by atoms with Crippen LogP contribution in [0.3, 0.4) is 0 Å². The number of morpholine rings is 1. The van der Waals surface area contributed by atoms with Crippen LogP contribution in [0.4, 0.5) is 5.69 Å². The van der Waals surface area contributed by atoms with Crippen molar-refractivity contribution in [2.75, 3.05) is 31.2 Å². The molecule has 0 unspecified atom stereocenters. The molecule has 1 N–H and O–H groups in total. The fraction of sp³-hybridized carbons (Fsp3) is 0.500. The van der Waals surface area contributed by atoms with Crippen molar-refractivity contribution in [2.24, 2.45) is 0 Å². The molecule has 3 rings (SSSR count). The summed E-state index contributed by atoms with van der Waals surface area (Å²) in [6.07, 6.45) is 1.04. The predicted molar refractivity (Wildman–Crippen MR) is 103 cm³/mol. The van der Waals surface area contributed by atoms with E-state index in [1.54, 1.807) is 0 Å². The molecule has 2 aromatic rings. The number of hydrogen-bond acceptors (Lipinski definition) is 4. The lowest BCUT2D eigenvalue weighted by molar-refractivity contribution is 0.0949. The Bertz CT molecular complexity index is 763. The second kappa shape index (κ2) is 8.36. The van der Waals surface area contributed by atoms with Gasteiger partial charge in [0.1, 0.15) is 0 Å². The summed E-state index contributed by atoms with van der Waals surface area (Å²) in [5, 5.41) is 7.67. The van der Waals surface area contributed by atoms with Crippen LogP contribution < -0.4 is 10.2 Å². The highest BCUT2D eigenvalue weighted by atomic mass is 16.5. The summed E-state index contributed by atoms with van der Waals surface area (Å²) in [4.78, 5) is 15.1. The number of aromatic nitrogens is 2. The van der Waals surface area contributed by atoms with Crippen LogP contribution in [0.5, 0.6) is 0 Å². The van der Waals surface area contributed by atoms with Gasteiger partial charge in [-0.1, -0.05) is 19.1 Å². The van der Waals surface area contributed by atoms with Crippen LogP contribution in [0.2, 0.25) is 0 Å². The van der Waals surface area contributed by atoms with Gasteiger partial charge in [-0.3, -0.25) is 9.48 Å². The molecule has 1 aliphatic heterocycles. The molecule has 0 bridgehead atoms. The number of carbonyl (C=O) groups is 1. The molecule has 6 heteroatoms. The Hall–Kier alpha value is -2.34. The minimum Gasteiger partial charge on any atom is -0.378 e. The highest BCUT2D eigenvalue weighted by molar-refractivity contribution is 5.99. The number of carbonyl (C=O) groups excluding carboxylic acids is 1. The van der Waals surface area contributed by atoms with E-state index in [-0.39, 0.29) is 5.91 Å². The van der Waals surface area contributed by atoms with Crippen LogP contribution in [-0.2, 0) is 17.8 Å². The third-order valence-electron chi connectivity index (χ3n) is 4.89. The highest BCUT2D eigenvalue weighted by Crippen LogP contribution is 2.22. The molecule has 26 heavy (non-hydrogen) atoms. The lowest BCUT2D eigenvalue weighted by Crippen LogP contribution is -2.37. The maximum absolute atomic E-state index is 12.8. The molecule has 6 nitrogen and oxygen atoms in total. The molecule has 0 radical (unpaired) electrons. The van der Waals surface area contributed by atoms with E-state index in [1.807, 2.05) is 35.9 Å². The van der Waals surface area contributed by atoms with Crippen LogP contribution in [0.1, 0.15) is 40.7 Å². The molecule has 2 heterocycles. The number of anilines is 1. The van der Waals surface area contributed by atoms with Crippen molar-refractivity contribution in [3.8, 4) is 0 Å². The molecule has 0 atom stereocenters. The van der Waals surface area contributed by atoms with Gasteiger partial charge in [-0.2, -0.15) is 5.10 Å².